The maximum atomic E-state index is 13.5. The highest BCUT2D eigenvalue weighted by Crippen LogP contribution is 2.50. The average Bonchev–Trinajstić information content (AvgIpc) is 3.27. The number of carbonyl (C=O) groups is 1. The van der Waals surface area contributed by atoms with E-state index in [9.17, 15) is 30.1 Å². The van der Waals surface area contributed by atoms with Crippen LogP contribution in [0.4, 0.5) is 22.7 Å². The quantitative estimate of drug-likeness (QED) is 0.278. The zero-order chi connectivity index (χ0) is 27.9. The largest absolute Gasteiger partial charge is 0.506 e. The maximum absolute atomic E-state index is 13.5. The average molecular weight is 515 g/mol. The summed E-state index contributed by atoms with van der Waals surface area (Å²) in [7, 11) is 0. The molecule has 0 atom stereocenters. The molecule has 3 aliphatic rings. The standard InChI is InChI=1S/C28H26N4O6/c1-13(25-27(3,4)17-11-15(31(35)36)7-9-19(17)29-25)21-23(33)22(24(21)34)14(2)26-28(5,6)18-12-16(32(37)38)8-10-20(18)30-26/h7-12,29,33H,1-6H3. The minimum absolute atomic E-state index is 0.0218. The number of nitrogens with zero attached hydrogens (tertiary/aromatic N) is 3. The molecule has 0 aromatic heterocycles. The van der Waals surface area contributed by atoms with Gasteiger partial charge in [-0.3, -0.25) is 30.0 Å². The number of allylic oxidation sites excluding steroid dienone is 5. The van der Waals surface area contributed by atoms with E-state index in [-0.39, 0.29) is 34.1 Å². The van der Waals surface area contributed by atoms with Crippen LogP contribution in [0.3, 0.4) is 0 Å². The summed E-state index contributed by atoms with van der Waals surface area (Å²) in [5.41, 5.74) is 3.92. The summed E-state index contributed by atoms with van der Waals surface area (Å²) in [6.45, 7) is 11.0. The van der Waals surface area contributed by atoms with Crippen LogP contribution in [-0.2, 0) is 15.6 Å². The van der Waals surface area contributed by atoms with Crippen LogP contribution < -0.4 is 5.32 Å². The molecule has 10 nitrogen and oxygen atoms in total. The van der Waals surface area contributed by atoms with E-state index in [1.165, 1.54) is 24.3 Å². The van der Waals surface area contributed by atoms with Gasteiger partial charge in [-0.05, 0) is 48.3 Å². The Labute approximate surface area is 218 Å². The molecule has 2 heterocycles. The lowest BCUT2D eigenvalue weighted by atomic mass is 9.73. The van der Waals surface area contributed by atoms with Gasteiger partial charge in [0.1, 0.15) is 5.76 Å². The monoisotopic (exact) mass is 514 g/mol. The van der Waals surface area contributed by atoms with Crippen LogP contribution in [0.15, 0.2) is 75.1 Å². The molecule has 0 bridgehead atoms. The molecule has 0 fully saturated rings. The summed E-state index contributed by atoms with van der Waals surface area (Å²) in [6.07, 6.45) is 0. The first-order chi connectivity index (χ1) is 17.7. The van der Waals surface area contributed by atoms with Gasteiger partial charge in [0.05, 0.1) is 32.4 Å². The Kier molecular flexibility index (Phi) is 5.24. The summed E-state index contributed by atoms with van der Waals surface area (Å²) in [5.74, 6) is -0.470. The number of anilines is 1. The Morgan fingerprint density at radius 2 is 1.47 bits per heavy atom. The number of carbonyl (C=O) groups excluding carboxylic acids is 1. The van der Waals surface area contributed by atoms with Crippen molar-refractivity contribution in [1.29, 1.82) is 0 Å². The molecule has 2 aliphatic heterocycles. The van der Waals surface area contributed by atoms with Gasteiger partial charge in [0, 0.05) is 46.5 Å². The van der Waals surface area contributed by atoms with Crippen LogP contribution in [-0.4, -0.2) is 26.4 Å². The van der Waals surface area contributed by atoms with E-state index in [0.29, 0.717) is 39.5 Å². The second-order valence-electron chi connectivity index (χ2n) is 10.8. The molecule has 10 heteroatoms. The second kappa shape index (κ2) is 7.95. The van der Waals surface area contributed by atoms with E-state index < -0.39 is 20.7 Å². The SMILES string of the molecule is CC(C1=Nc2ccc([N+](=O)[O-])cc2C1(C)C)=C1C(=O)C(C(C)=C2Nc3ccc([N+](=O)[O-])cc3C2(C)C)=C1O. The lowest BCUT2D eigenvalue weighted by Crippen LogP contribution is -2.32. The number of nitro benzene ring substituents is 2. The molecule has 2 aromatic rings. The second-order valence-corrected chi connectivity index (χ2v) is 10.8. The number of nitro groups is 2. The number of Topliss-reactive ketones (excluding diaryl/α,β-unsaturated/α-hetero) is 1. The molecule has 2 aromatic carbocycles. The van der Waals surface area contributed by atoms with Crippen molar-refractivity contribution < 1.29 is 19.7 Å². The minimum atomic E-state index is -0.715. The summed E-state index contributed by atoms with van der Waals surface area (Å²) < 4.78 is 0. The van der Waals surface area contributed by atoms with Crippen LogP contribution >= 0.6 is 0 Å². The molecule has 0 unspecified atom stereocenters. The third kappa shape index (κ3) is 3.33. The molecule has 194 valence electrons. The first-order valence-electron chi connectivity index (χ1n) is 12.0. The lowest BCUT2D eigenvalue weighted by molar-refractivity contribution is -0.385. The number of aliphatic hydroxyl groups is 1. The topological polar surface area (TPSA) is 148 Å². The van der Waals surface area contributed by atoms with Gasteiger partial charge in [-0.2, -0.15) is 0 Å². The Balaban J connectivity index is 1.55. The number of hydrogen-bond acceptors (Lipinski definition) is 8. The molecule has 0 amide bonds. The van der Waals surface area contributed by atoms with Gasteiger partial charge in [0.25, 0.3) is 11.4 Å². The third-order valence-corrected chi connectivity index (χ3v) is 7.87. The van der Waals surface area contributed by atoms with Crippen molar-refractivity contribution in [3.05, 3.63) is 102 Å². The Bertz CT molecular complexity index is 1640. The predicted octanol–water partition coefficient (Wildman–Crippen LogP) is 6.26. The highest BCUT2D eigenvalue weighted by Gasteiger charge is 2.45. The molecule has 0 radical (unpaired) electrons. The van der Waals surface area contributed by atoms with Gasteiger partial charge < -0.3 is 10.4 Å². The van der Waals surface area contributed by atoms with E-state index >= 15 is 0 Å². The fraction of sp³-hybridized carbons (Fsp3) is 0.286. The first-order valence-corrected chi connectivity index (χ1v) is 12.0. The van der Waals surface area contributed by atoms with Crippen LogP contribution in [0.2, 0.25) is 0 Å². The molecular weight excluding hydrogens is 488 g/mol. The number of aliphatic hydroxyl groups excluding tert-OH is 1. The van der Waals surface area contributed by atoms with E-state index in [1.807, 2.05) is 27.7 Å². The van der Waals surface area contributed by atoms with Crippen LogP contribution in [0.1, 0.15) is 52.7 Å². The summed E-state index contributed by atoms with van der Waals surface area (Å²) >= 11 is 0. The Morgan fingerprint density at radius 1 is 0.895 bits per heavy atom. The molecule has 1 aliphatic carbocycles. The van der Waals surface area contributed by atoms with Gasteiger partial charge in [-0.1, -0.05) is 27.7 Å². The van der Waals surface area contributed by atoms with Gasteiger partial charge in [0.15, 0.2) is 0 Å². The molecule has 0 spiro atoms. The van der Waals surface area contributed by atoms with Crippen LogP contribution in [0.5, 0.6) is 0 Å². The van der Waals surface area contributed by atoms with Crippen molar-refractivity contribution in [3.63, 3.8) is 0 Å². The van der Waals surface area contributed by atoms with Crippen LogP contribution in [0.25, 0.3) is 0 Å². The Hall–Kier alpha value is -4.60. The van der Waals surface area contributed by atoms with E-state index in [2.05, 4.69) is 10.3 Å². The fourth-order valence-electron chi connectivity index (χ4n) is 5.78. The molecule has 0 saturated carbocycles. The Morgan fingerprint density at radius 3 is 2.05 bits per heavy atom. The smallest absolute Gasteiger partial charge is 0.269 e. The first kappa shape index (κ1) is 25.1. The van der Waals surface area contributed by atoms with Crippen molar-refractivity contribution in [3.8, 4) is 0 Å². The van der Waals surface area contributed by atoms with Crippen molar-refractivity contribution in [2.75, 3.05) is 5.32 Å². The van der Waals surface area contributed by atoms with Crippen molar-refractivity contribution in [1.82, 2.24) is 0 Å². The molecular formula is C28H26N4O6. The zero-order valence-electron chi connectivity index (χ0n) is 21.8. The molecule has 0 saturated heterocycles. The minimum Gasteiger partial charge on any atom is -0.506 e. The zero-order valence-corrected chi connectivity index (χ0v) is 21.8. The molecule has 38 heavy (non-hydrogen) atoms. The number of non-ortho nitro benzene ring substituents is 2. The third-order valence-electron chi connectivity index (χ3n) is 7.87. The number of benzene rings is 2. The maximum Gasteiger partial charge on any atom is 0.269 e. The number of ketones is 1. The number of hydrogen-bond donors (Lipinski definition) is 2. The number of aliphatic imine (C=N–C) groups is 1. The van der Waals surface area contributed by atoms with Gasteiger partial charge in [-0.25, -0.2) is 0 Å². The van der Waals surface area contributed by atoms with Crippen molar-refractivity contribution in [2.24, 2.45) is 4.99 Å². The number of fused-ring (bicyclic) bond motifs is 2. The number of nitrogens with one attached hydrogen (secondary N) is 1. The highest BCUT2D eigenvalue weighted by atomic mass is 16.6. The highest BCUT2D eigenvalue weighted by molar-refractivity contribution is 6.27. The lowest BCUT2D eigenvalue weighted by Gasteiger charge is -2.30. The summed E-state index contributed by atoms with van der Waals surface area (Å²) in [4.78, 5) is 39.8. The van der Waals surface area contributed by atoms with Crippen LogP contribution in [0, 0.1) is 20.2 Å². The van der Waals surface area contributed by atoms with E-state index in [4.69, 9.17) is 0 Å². The van der Waals surface area contributed by atoms with Gasteiger partial charge in [0.2, 0.25) is 5.78 Å². The fourth-order valence-corrected chi connectivity index (χ4v) is 5.78. The van der Waals surface area contributed by atoms with E-state index in [0.717, 1.165) is 5.56 Å². The van der Waals surface area contributed by atoms with E-state index in [1.54, 1.807) is 26.0 Å². The molecule has 5 rings (SSSR count). The summed E-state index contributed by atoms with van der Waals surface area (Å²) in [5, 5.41) is 37.0. The van der Waals surface area contributed by atoms with Crippen molar-refractivity contribution in [2.45, 2.75) is 52.4 Å². The van der Waals surface area contributed by atoms with Crippen molar-refractivity contribution >= 4 is 34.2 Å². The van der Waals surface area contributed by atoms with Gasteiger partial charge in [-0.15, -0.1) is 0 Å². The number of rotatable bonds is 4. The predicted molar refractivity (Wildman–Crippen MR) is 143 cm³/mol. The summed E-state index contributed by atoms with van der Waals surface area (Å²) in [6, 6.07) is 9.08. The molecule has 2 N–H and O–H groups in total. The normalized spacial score (nSPS) is 21.2. The van der Waals surface area contributed by atoms with Gasteiger partial charge >= 0.3 is 0 Å².